The Morgan fingerprint density at radius 3 is 0.984 bits per heavy atom. The van der Waals surface area contributed by atoms with E-state index in [9.17, 15) is 74.5 Å². The summed E-state index contributed by atoms with van der Waals surface area (Å²) in [6, 6.07) is 2.84. The lowest BCUT2D eigenvalue weighted by molar-refractivity contribution is 0.381. The van der Waals surface area contributed by atoms with Crippen molar-refractivity contribution in [2.24, 2.45) is 10.2 Å². The first-order valence-corrected chi connectivity index (χ1v) is 18.1. The number of benzene rings is 6. The maximum atomic E-state index is 14.4. The second-order valence-electron chi connectivity index (χ2n) is 14.7. The van der Waals surface area contributed by atoms with Gasteiger partial charge in [-0.05, 0) is 47.6 Å². The number of phenolic OH excluding ortho intramolecular Hbond substituents is 6. The predicted octanol–water partition coefficient (Wildman–Crippen LogP) is 11.0. The molecule has 20 heteroatoms. The molecule has 0 amide bonds. The fraction of sp³-hybridized carbons (Fsp3) is 0.190. The van der Waals surface area contributed by atoms with E-state index in [1.54, 1.807) is 38.5 Å². The van der Waals surface area contributed by atoms with Crippen LogP contribution in [0.5, 0.6) is 34.5 Å². The molecule has 62 heavy (non-hydrogen) atoms. The highest BCUT2D eigenvalue weighted by Gasteiger charge is 2.31. The van der Waals surface area contributed by atoms with Gasteiger partial charge in [-0.25, -0.2) is 43.9 Å². The molecule has 0 fully saturated rings. The molecule has 326 valence electrons. The molecule has 0 saturated carbocycles. The van der Waals surface area contributed by atoms with Gasteiger partial charge in [0.05, 0.1) is 23.6 Å². The lowest BCUT2D eigenvalue weighted by Crippen LogP contribution is -2.07. The highest BCUT2D eigenvalue weighted by atomic mass is 19.2. The third-order valence-electron chi connectivity index (χ3n) is 10.1. The Hall–Kier alpha value is -7.12. The van der Waals surface area contributed by atoms with Gasteiger partial charge in [-0.2, -0.15) is 10.2 Å². The lowest BCUT2D eigenvalue weighted by atomic mass is 9.83. The molecule has 0 aliphatic rings. The van der Waals surface area contributed by atoms with Crippen molar-refractivity contribution in [3.63, 3.8) is 0 Å². The summed E-state index contributed by atoms with van der Waals surface area (Å²) >= 11 is 0. The van der Waals surface area contributed by atoms with Crippen LogP contribution in [0, 0.1) is 72.0 Å². The van der Waals surface area contributed by atoms with Crippen LogP contribution in [0.25, 0.3) is 32.7 Å². The quantitative estimate of drug-likeness (QED) is 0.0177. The van der Waals surface area contributed by atoms with Crippen LogP contribution in [0.4, 0.5) is 55.3 Å². The van der Waals surface area contributed by atoms with Gasteiger partial charge >= 0.3 is 0 Å². The first kappa shape index (κ1) is 44.4. The molecule has 10 nitrogen and oxygen atoms in total. The highest BCUT2D eigenvalue weighted by molar-refractivity contribution is 6.15. The third kappa shape index (κ3) is 6.78. The molecule has 0 atom stereocenters. The predicted molar refractivity (Wildman–Crippen MR) is 209 cm³/mol. The van der Waals surface area contributed by atoms with E-state index in [1.807, 2.05) is 0 Å². The monoisotopic (exact) mass is 878 g/mol. The molecule has 0 aliphatic carbocycles. The first-order valence-electron chi connectivity index (χ1n) is 18.1. The molecule has 0 spiro atoms. The van der Waals surface area contributed by atoms with E-state index in [1.165, 1.54) is 26.0 Å². The van der Waals surface area contributed by atoms with Crippen molar-refractivity contribution < 1.29 is 74.5 Å². The molecule has 0 saturated heterocycles. The normalized spacial score (nSPS) is 12.1. The number of halogens is 10. The molecule has 0 radical (unpaired) electrons. The zero-order valence-corrected chi connectivity index (χ0v) is 32.8. The largest absolute Gasteiger partial charge is 0.507 e. The van der Waals surface area contributed by atoms with Crippen LogP contribution in [0.1, 0.15) is 72.9 Å². The SMILES string of the molecule is Cc1cc2c(C(C)C)c(O)c(O)c(/C=N/Nc3c(F)c(F)c(F)c(F)c3F)c2c(O)c1-c1c(C)cc2c(C(C)C)c(O)c(O)c(/C=N/Nc3c(F)c(F)c(F)c(F)c3F)c2c1O. The summed E-state index contributed by atoms with van der Waals surface area (Å²) in [6.07, 6.45) is 1.21. The van der Waals surface area contributed by atoms with E-state index in [4.69, 9.17) is 0 Å². The number of nitrogens with zero attached hydrogens (tertiary/aromatic N) is 2. The minimum absolute atomic E-state index is 0.0568. The average Bonchev–Trinajstić information content (AvgIpc) is 3.21. The van der Waals surface area contributed by atoms with E-state index in [-0.39, 0.29) is 54.9 Å². The van der Waals surface area contributed by atoms with Crippen molar-refractivity contribution in [3.8, 4) is 45.6 Å². The summed E-state index contributed by atoms with van der Waals surface area (Å²) < 4.78 is 141. The van der Waals surface area contributed by atoms with Crippen molar-refractivity contribution in [3.05, 3.63) is 104 Å². The highest BCUT2D eigenvalue weighted by Crippen LogP contribution is 2.54. The van der Waals surface area contributed by atoms with Gasteiger partial charge in [0.1, 0.15) is 22.9 Å². The van der Waals surface area contributed by atoms with E-state index in [0.717, 1.165) is 0 Å². The third-order valence-corrected chi connectivity index (χ3v) is 10.1. The molecule has 0 unspecified atom stereocenters. The van der Waals surface area contributed by atoms with E-state index >= 15 is 0 Å². The minimum atomic E-state index is -2.44. The maximum absolute atomic E-state index is 14.4. The number of hydrogen-bond acceptors (Lipinski definition) is 10. The van der Waals surface area contributed by atoms with Gasteiger partial charge in [0.15, 0.2) is 69.5 Å². The van der Waals surface area contributed by atoms with Gasteiger partial charge < -0.3 is 30.6 Å². The second-order valence-corrected chi connectivity index (χ2v) is 14.7. The molecule has 8 N–H and O–H groups in total. The van der Waals surface area contributed by atoms with Crippen molar-refractivity contribution in [2.75, 3.05) is 10.9 Å². The Bertz CT molecular complexity index is 2720. The Morgan fingerprint density at radius 2 is 0.710 bits per heavy atom. The fourth-order valence-electron chi connectivity index (χ4n) is 7.35. The number of phenols is 6. The van der Waals surface area contributed by atoms with Gasteiger partial charge in [-0.3, -0.25) is 10.9 Å². The maximum Gasteiger partial charge on any atom is 0.200 e. The minimum Gasteiger partial charge on any atom is -0.507 e. The number of fused-ring (bicyclic) bond motifs is 2. The van der Waals surface area contributed by atoms with E-state index in [2.05, 4.69) is 10.2 Å². The summed E-state index contributed by atoms with van der Waals surface area (Å²) in [5.74, 6) is -29.3. The number of hydrogen-bond donors (Lipinski definition) is 8. The Morgan fingerprint density at radius 1 is 0.435 bits per heavy atom. The average molecular weight is 879 g/mol. The second kappa shape index (κ2) is 16.1. The first-order chi connectivity index (χ1) is 29.0. The van der Waals surface area contributed by atoms with Crippen molar-refractivity contribution in [1.29, 1.82) is 0 Å². The van der Waals surface area contributed by atoms with Crippen LogP contribution in [-0.4, -0.2) is 43.1 Å². The summed E-state index contributed by atoms with van der Waals surface area (Å²) in [5.41, 5.74) is -0.854. The molecular formula is C42H32F10N4O6. The van der Waals surface area contributed by atoms with Crippen LogP contribution < -0.4 is 10.9 Å². The van der Waals surface area contributed by atoms with Crippen LogP contribution in [-0.2, 0) is 0 Å². The standard InChI is InChI=1S/C42H32F10N4O6/c1-11(2)19-15-7-13(5)21(39(59)23(15)17(37(57)41(19)61)9-53-55-35-31(49)27(45)25(43)28(46)32(35)50)22-14(6)8-16-20(12(3)4)42(62)38(58)18(24(16)40(22)60)10-54-56-36-33(51)29(47)26(44)30(48)34(36)52/h7-12,55-62H,1-6H3/b53-9+,54-10+. The number of aryl methyl sites for hydroxylation is 2. The van der Waals surface area contributed by atoms with Gasteiger partial charge in [-0.15, -0.1) is 0 Å². The van der Waals surface area contributed by atoms with Crippen LogP contribution in [0.2, 0.25) is 0 Å². The van der Waals surface area contributed by atoms with Gasteiger partial charge in [0.25, 0.3) is 0 Å². The topological polar surface area (TPSA) is 170 Å². The van der Waals surface area contributed by atoms with Crippen LogP contribution >= 0.6 is 0 Å². The molecule has 0 aliphatic heterocycles. The summed E-state index contributed by atoms with van der Waals surface area (Å²) in [4.78, 5) is 0. The zero-order valence-electron chi connectivity index (χ0n) is 32.8. The van der Waals surface area contributed by atoms with Crippen LogP contribution in [0.15, 0.2) is 22.3 Å². The van der Waals surface area contributed by atoms with Crippen molar-refractivity contribution in [2.45, 2.75) is 53.4 Å². The molecule has 6 aromatic carbocycles. The smallest absolute Gasteiger partial charge is 0.200 e. The molecule has 0 bridgehead atoms. The van der Waals surface area contributed by atoms with Crippen molar-refractivity contribution in [1.82, 2.24) is 0 Å². The zero-order chi connectivity index (χ0) is 46.1. The number of anilines is 2. The number of nitrogens with one attached hydrogen (secondary N) is 2. The Kier molecular flexibility index (Phi) is 11.5. The van der Waals surface area contributed by atoms with E-state index in [0.29, 0.717) is 12.4 Å². The van der Waals surface area contributed by atoms with Gasteiger partial charge in [-0.1, -0.05) is 39.8 Å². The number of hydrazone groups is 2. The summed E-state index contributed by atoms with van der Waals surface area (Å²) in [6.45, 7) is 9.39. The molecular weight excluding hydrogens is 846 g/mol. The van der Waals surface area contributed by atoms with Crippen molar-refractivity contribution >= 4 is 45.3 Å². The Balaban J connectivity index is 1.65. The molecule has 0 aromatic heterocycles. The molecule has 0 heterocycles. The number of rotatable bonds is 9. The molecule has 6 rings (SSSR count). The summed E-state index contributed by atoms with van der Waals surface area (Å²) in [7, 11) is 0. The summed E-state index contributed by atoms with van der Waals surface area (Å²) in [5, 5.41) is 75.6. The van der Waals surface area contributed by atoms with Gasteiger partial charge in [0.2, 0.25) is 11.6 Å². The van der Waals surface area contributed by atoms with Gasteiger partial charge in [0, 0.05) is 33.0 Å². The lowest BCUT2D eigenvalue weighted by Gasteiger charge is -2.23. The van der Waals surface area contributed by atoms with Crippen LogP contribution in [0.3, 0.4) is 0 Å². The van der Waals surface area contributed by atoms with E-state index < -0.39 is 127 Å². The fourth-order valence-corrected chi connectivity index (χ4v) is 7.35. The Labute approximate surface area is 343 Å². The number of aromatic hydroxyl groups is 6. The molecule has 6 aromatic rings.